The van der Waals surface area contributed by atoms with Gasteiger partial charge in [0.25, 0.3) is 0 Å². The molecule has 27 heavy (non-hydrogen) atoms. The van der Waals surface area contributed by atoms with Gasteiger partial charge in [-0.2, -0.15) is 0 Å². The summed E-state index contributed by atoms with van der Waals surface area (Å²) in [5.41, 5.74) is 6.45. The number of nitrogens with zero attached hydrogens (tertiary/aromatic N) is 4. The van der Waals surface area contributed by atoms with Crippen molar-refractivity contribution in [2.45, 2.75) is 53.0 Å². The van der Waals surface area contributed by atoms with Gasteiger partial charge in [-0.15, -0.1) is 0 Å². The molecular formula is C21H29N5O. The molecule has 0 saturated heterocycles. The molecule has 3 heterocycles. The van der Waals surface area contributed by atoms with Crippen molar-refractivity contribution < 1.29 is 5.11 Å². The molecular weight excluding hydrogens is 338 g/mol. The maximum atomic E-state index is 9.70. The van der Waals surface area contributed by atoms with E-state index in [1.165, 1.54) is 0 Å². The second kappa shape index (κ2) is 7.64. The van der Waals surface area contributed by atoms with Crippen LogP contribution in [0, 0.1) is 13.8 Å². The second-order valence-corrected chi connectivity index (χ2v) is 7.33. The van der Waals surface area contributed by atoms with Crippen LogP contribution >= 0.6 is 0 Å². The van der Waals surface area contributed by atoms with E-state index in [4.69, 9.17) is 15.0 Å². The summed E-state index contributed by atoms with van der Waals surface area (Å²) in [6.07, 6.45) is 2.88. The normalized spacial score (nSPS) is 12.7. The van der Waals surface area contributed by atoms with Crippen LogP contribution in [0.3, 0.4) is 0 Å². The molecule has 0 aliphatic carbocycles. The number of hydrogen-bond acceptors (Lipinski definition) is 5. The topological polar surface area (TPSA) is 75.9 Å². The van der Waals surface area contributed by atoms with Crippen molar-refractivity contribution in [3.8, 4) is 11.3 Å². The van der Waals surface area contributed by atoms with E-state index < -0.39 is 0 Å². The second-order valence-electron chi connectivity index (χ2n) is 7.33. The summed E-state index contributed by atoms with van der Waals surface area (Å²) in [7, 11) is 1.88. The highest BCUT2D eigenvalue weighted by Gasteiger charge is 2.19. The van der Waals surface area contributed by atoms with Crippen LogP contribution < -0.4 is 5.32 Å². The highest BCUT2D eigenvalue weighted by molar-refractivity contribution is 5.82. The summed E-state index contributed by atoms with van der Waals surface area (Å²) < 4.78 is 2.05. The highest BCUT2D eigenvalue weighted by Crippen LogP contribution is 2.32. The zero-order valence-electron chi connectivity index (χ0n) is 17.0. The van der Waals surface area contributed by atoms with Gasteiger partial charge in [-0.25, -0.2) is 15.0 Å². The van der Waals surface area contributed by atoms with Gasteiger partial charge in [0.05, 0.1) is 24.0 Å². The van der Waals surface area contributed by atoms with Gasteiger partial charge in [-0.05, 0) is 43.9 Å². The van der Waals surface area contributed by atoms with E-state index in [0.29, 0.717) is 5.92 Å². The molecule has 3 aromatic heterocycles. The molecule has 2 N–H and O–H groups in total. The van der Waals surface area contributed by atoms with Gasteiger partial charge in [0.2, 0.25) is 0 Å². The number of aryl methyl sites for hydroxylation is 2. The lowest BCUT2D eigenvalue weighted by Crippen LogP contribution is -2.12. The molecule has 0 aliphatic heterocycles. The van der Waals surface area contributed by atoms with Crippen molar-refractivity contribution in [3.63, 3.8) is 0 Å². The van der Waals surface area contributed by atoms with Gasteiger partial charge < -0.3 is 15.0 Å². The van der Waals surface area contributed by atoms with Crippen LogP contribution in [0.1, 0.15) is 56.1 Å². The SMILES string of the molecule is CC[C@H](CO)n1cc(C)c2nc(-c3ccc(C(C)C)nc3NC)c(C)nc21. The van der Waals surface area contributed by atoms with Gasteiger partial charge in [0.1, 0.15) is 11.3 Å². The van der Waals surface area contributed by atoms with Gasteiger partial charge in [0, 0.05) is 24.5 Å². The molecule has 0 bridgehead atoms. The van der Waals surface area contributed by atoms with E-state index in [0.717, 1.165) is 51.6 Å². The number of aliphatic hydroxyl groups is 1. The number of fused-ring (bicyclic) bond motifs is 1. The third-order valence-corrected chi connectivity index (χ3v) is 5.08. The number of nitrogens with one attached hydrogen (secondary N) is 1. The van der Waals surface area contributed by atoms with E-state index in [9.17, 15) is 5.11 Å². The van der Waals surface area contributed by atoms with Crippen molar-refractivity contribution in [2.75, 3.05) is 19.0 Å². The van der Waals surface area contributed by atoms with Crippen LogP contribution in [0.15, 0.2) is 18.3 Å². The Hall–Kier alpha value is -2.47. The van der Waals surface area contributed by atoms with Crippen molar-refractivity contribution in [1.82, 2.24) is 19.5 Å². The summed E-state index contributed by atoms with van der Waals surface area (Å²) in [5, 5.41) is 12.9. The molecule has 1 atom stereocenters. The third-order valence-electron chi connectivity index (χ3n) is 5.08. The molecule has 0 aliphatic rings. The summed E-state index contributed by atoms with van der Waals surface area (Å²) in [4.78, 5) is 14.6. The van der Waals surface area contributed by atoms with Crippen LogP contribution in [-0.4, -0.2) is 38.3 Å². The van der Waals surface area contributed by atoms with Crippen LogP contribution in [-0.2, 0) is 0 Å². The number of pyridine rings is 1. The van der Waals surface area contributed by atoms with Crippen molar-refractivity contribution in [3.05, 3.63) is 35.3 Å². The maximum Gasteiger partial charge on any atom is 0.159 e. The molecule has 0 saturated carbocycles. The van der Waals surface area contributed by atoms with Crippen LogP contribution in [0.2, 0.25) is 0 Å². The smallest absolute Gasteiger partial charge is 0.159 e. The van der Waals surface area contributed by atoms with E-state index in [1.807, 2.05) is 31.7 Å². The number of hydrogen-bond donors (Lipinski definition) is 2. The zero-order valence-corrected chi connectivity index (χ0v) is 17.0. The number of aromatic nitrogens is 4. The lowest BCUT2D eigenvalue weighted by Gasteiger charge is -2.16. The Morgan fingerprint density at radius 3 is 2.48 bits per heavy atom. The number of rotatable bonds is 6. The standard InChI is InChI=1S/C21H29N5O/c1-7-15(11-27)26-10-13(4)18-21(26)23-14(5)19(25-18)16-8-9-17(12(2)3)24-20(16)22-6/h8-10,12,15,27H,7,11H2,1-6H3,(H,22,24)/t15-/m1/s1. The Morgan fingerprint density at radius 1 is 1.15 bits per heavy atom. The van der Waals surface area contributed by atoms with Gasteiger partial charge in [-0.3, -0.25) is 0 Å². The first-order valence-electron chi connectivity index (χ1n) is 9.56. The zero-order chi connectivity index (χ0) is 19.7. The van der Waals surface area contributed by atoms with Crippen molar-refractivity contribution in [1.29, 1.82) is 0 Å². The van der Waals surface area contributed by atoms with Gasteiger partial charge in [-0.1, -0.05) is 20.8 Å². The minimum Gasteiger partial charge on any atom is -0.394 e. The molecule has 144 valence electrons. The van der Waals surface area contributed by atoms with E-state index in [2.05, 4.69) is 38.2 Å². The molecule has 0 aromatic carbocycles. The fraction of sp³-hybridized carbons (Fsp3) is 0.476. The molecule has 0 fully saturated rings. The third kappa shape index (κ3) is 3.41. The summed E-state index contributed by atoms with van der Waals surface area (Å²) in [6, 6.07) is 4.15. The Bertz CT molecular complexity index is 957. The summed E-state index contributed by atoms with van der Waals surface area (Å²) in [5.74, 6) is 1.18. The maximum absolute atomic E-state index is 9.70. The predicted molar refractivity (Wildman–Crippen MR) is 110 cm³/mol. The minimum absolute atomic E-state index is 0.0145. The molecule has 6 nitrogen and oxygen atoms in total. The summed E-state index contributed by atoms with van der Waals surface area (Å²) in [6.45, 7) is 10.4. The minimum atomic E-state index is 0.0145. The molecule has 0 spiro atoms. The monoisotopic (exact) mass is 367 g/mol. The first kappa shape index (κ1) is 19.3. The molecule has 0 unspecified atom stereocenters. The largest absolute Gasteiger partial charge is 0.394 e. The van der Waals surface area contributed by atoms with Crippen LogP contribution in [0.25, 0.3) is 22.4 Å². The van der Waals surface area contributed by atoms with Crippen LogP contribution in [0.5, 0.6) is 0 Å². The Balaban J connectivity index is 2.20. The molecule has 0 radical (unpaired) electrons. The molecule has 3 rings (SSSR count). The number of anilines is 1. The van der Waals surface area contributed by atoms with Crippen molar-refractivity contribution >= 4 is 17.0 Å². The quantitative estimate of drug-likeness (QED) is 0.682. The molecule has 0 amide bonds. The van der Waals surface area contributed by atoms with E-state index in [1.54, 1.807) is 0 Å². The Morgan fingerprint density at radius 2 is 1.89 bits per heavy atom. The van der Waals surface area contributed by atoms with Gasteiger partial charge in [0.15, 0.2) is 5.65 Å². The van der Waals surface area contributed by atoms with Gasteiger partial charge >= 0.3 is 0 Å². The highest BCUT2D eigenvalue weighted by atomic mass is 16.3. The molecule has 3 aromatic rings. The predicted octanol–water partition coefficient (Wildman–Crippen LogP) is 4.22. The average molecular weight is 367 g/mol. The molecule has 6 heteroatoms. The number of aliphatic hydroxyl groups excluding tert-OH is 1. The Labute approximate surface area is 160 Å². The van der Waals surface area contributed by atoms with Crippen molar-refractivity contribution in [2.24, 2.45) is 0 Å². The summed E-state index contributed by atoms with van der Waals surface area (Å²) >= 11 is 0. The lowest BCUT2D eigenvalue weighted by molar-refractivity contribution is 0.227. The fourth-order valence-corrected chi connectivity index (χ4v) is 3.41. The van der Waals surface area contributed by atoms with E-state index >= 15 is 0 Å². The Kier molecular flexibility index (Phi) is 5.46. The average Bonchev–Trinajstić information content (AvgIpc) is 2.97. The lowest BCUT2D eigenvalue weighted by atomic mass is 10.1. The first-order valence-corrected chi connectivity index (χ1v) is 9.56. The first-order chi connectivity index (χ1) is 12.9. The van der Waals surface area contributed by atoms with E-state index in [-0.39, 0.29) is 12.6 Å². The van der Waals surface area contributed by atoms with Crippen LogP contribution in [0.4, 0.5) is 5.82 Å². The fourth-order valence-electron chi connectivity index (χ4n) is 3.41.